The van der Waals surface area contributed by atoms with E-state index in [0.717, 1.165) is 0 Å². The van der Waals surface area contributed by atoms with Gasteiger partial charge < -0.3 is 21.3 Å². The molecule has 62 heavy (non-hydrogen) atoms. The van der Waals surface area contributed by atoms with Crippen LogP contribution in [0.5, 0.6) is 0 Å². The molecule has 5 aromatic carbocycles. The maximum absolute atomic E-state index is 13.4. The Morgan fingerprint density at radius 3 is 1.23 bits per heavy atom. The monoisotopic (exact) mass is 954 g/mol. The Labute approximate surface area is 384 Å². The highest BCUT2D eigenvalue weighted by molar-refractivity contribution is 6.43. The zero-order valence-electron chi connectivity index (χ0n) is 32.7. The first-order valence-electron chi connectivity index (χ1n) is 18.0. The van der Waals surface area contributed by atoms with Gasteiger partial charge in [0.25, 0.3) is 23.6 Å². The summed E-state index contributed by atoms with van der Waals surface area (Å²) in [7, 11) is 0. The molecule has 0 aromatic heterocycles. The highest BCUT2D eigenvalue weighted by Crippen LogP contribution is 2.31. The van der Waals surface area contributed by atoms with Gasteiger partial charge in [-0.05, 0) is 124 Å². The maximum Gasteiger partial charge on any atom is 0.258 e. The summed E-state index contributed by atoms with van der Waals surface area (Å²) in [6.45, 7) is 5.64. The van der Waals surface area contributed by atoms with Crippen LogP contribution in [-0.2, 0) is 19.2 Å². The summed E-state index contributed by atoms with van der Waals surface area (Å²) < 4.78 is 0. The number of hydrogen-bond acceptors (Lipinski definition) is 10. The lowest BCUT2D eigenvalue weighted by Crippen LogP contribution is -2.33. The molecule has 0 saturated carbocycles. The molecule has 0 bridgehead atoms. The third-order valence-electron chi connectivity index (χ3n) is 8.64. The molecular formula is C42H32Cl6N8O6. The van der Waals surface area contributed by atoms with Crippen molar-refractivity contribution in [2.75, 3.05) is 21.3 Å². The van der Waals surface area contributed by atoms with Crippen LogP contribution in [0.25, 0.3) is 0 Å². The van der Waals surface area contributed by atoms with Crippen LogP contribution in [0.1, 0.15) is 45.7 Å². The van der Waals surface area contributed by atoms with Crippen LogP contribution in [0.3, 0.4) is 0 Å². The second kappa shape index (κ2) is 20.9. The standard InChI is InChI=1S/C42H32Cl6N8O6/c1-19-13-27(51-41(61)37(21(3)57)55-53-25-7-9-30(43)28(15-25)39(59)49-23-5-11-32(45)34(47)17-23)14-20(2)36(19)52-42(62)38(22(4)58)56-54-26-8-10-31(44)29(16-26)40(60)50-24-6-12-33(46)35(48)18-24/h5-18,37-38H,1-4H3,(H,49,59)(H,50,60)(H,51,61)(H,52,62). The molecule has 2 unspecified atom stereocenters. The number of nitrogens with zero attached hydrogens (tertiary/aromatic N) is 4. The molecule has 0 aliphatic carbocycles. The summed E-state index contributed by atoms with van der Waals surface area (Å²) in [6.07, 6.45) is 0. The first-order chi connectivity index (χ1) is 29.3. The molecule has 4 amide bonds. The van der Waals surface area contributed by atoms with Gasteiger partial charge in [-0.3, -0.25) is 28.8 Å². The van der Waals surface area contributed by atoms with E-state index >= 15 is 0 Å². The smallest absolute Gasteiger partial charge is 0.258 e. The largest absolute Gasteiger partial charge is 0.324 e. The normalized spacial score (nSPS) is 12.2. The van der Waals surface area contributed by atoms with Crippen molar-refractivity contribution >= 4 is 139 Å². The predicted octanol–water partition coefficient (Wildman–Crippen LogP) is 12.1. The first kappa shape index (κ1) is 47.3. The number of amides is 4. The van der Waals surface area contributed by atoms with Gasteiger partial charge >= 0.3 is 0 Å². The predicted molar refractivity (Wildman–Crippen MR) is 243 cm³/mol. The van der Waals surface area contributed by atoms with Gasteiger partial charge in [-0.2, -0.15) is 20.5 Å². The molecule has 5 aromatic rings. The van der Waals surface area contributed by atoms with Crippen LogP contribution in [0.15, 0.2) is 105 Å². The number of benzene rings is 5. The minimum atomic E-state index is -1.58. The summed E-state index contributed by atoms with van der Waals surface area (Å²) in [4.78, 5) is 77.9. The van der Waals surface area contributed by atoms with Gasteiger partial charge in [0.2, 0.25) is 12.1 Å². The summed E-state index contributed by atoms with van der Waals surface area (Å²) in [5, 5.41) is 27.9. The summed E-state index contributed by atoms with van der Waals surface area (Å²) >= 11 is 36.6. The number of azo groups is 2. The van der Waals surface area contributed by atoms with E-state index in [1.54, 1.807) is 26.0 Å². The van der Waals surface area contributed by atoms with Crippen molar-refractivity contribution in [2.24, 2.45) is 20.5 Å². The molecule has 0 spiro atoms. The van der Waals surface area contributed by atoms with Gasteiger partial charge in [0.05, 0.1) is 52.6 Å². The Bertz CT molecular complexity index is 2690. The molecule has 0 radical (unpaired) electrons. The number of hydrogen-bond donors (Lipinski definition) is 4. The minimum absolute atomic E-state index is 0.0354. The molecular weight excluding hydrogens is 925 g/mol. The summed E-state index contributed by atoms with van der Waals surface area (Å²) in [6, 6.07) is 17.4. The molecule has 0 aliphatic rings. The lowest BCUT2D eigenvalue weighted by molar-refractivity contribution is -0.127. The number of rotatable bonds is 14. The Morgan fingerprint density at radius 1 is 0.452 bits per heavy atom. The molecule has 20 heteroatoms. The van der Waals surface area contributed by atoms with E-state index in [1.807, 2.05) is 0 Å². The molecule has 0 fully saturated rings. The number of aryl methyl sites for hydroxylation is 2. The zero-order valence-corrected chi connectivity index (χ0v) is 37.3. The van der Waals surface area contributed by atoms with Gasteiger partial charge in [-0.1, -0.05) is 69.6 Å². The molecule has 14 nitrogen and oxygen atoms in total. The Balaban J connectivity index is 1.25. The van der Waals surface area contributed by atoms with Crippen molar-refractivity contribution in [1.29, 1.82) is 0 Å². The maximum atomic E-state index is 13.4. The van der Waals surface area contributed by atoms with E-state index in [9.17, 15) is 28.8 Å². The van der Waals surface area contributed by atoms with Crippen LogP contribution in [0.2, 0.25) is 30.1 Å². The van der Waals surface area contributed by atoms with Gasteiger partial charge in [-0.15, -0.1) is 0 Å². The third-order valence-corrected chi connectivity index (χ3v) is 10.8. The average Bonchev–Trinajstić information content (AvgIpc) is 3.20. The highest BCUT2D eigenvalue weighted by Gasteiger charge is 2.26. The van der Waals surface area contributed by atoms with Crippen LogP contribution in [0.4, 0.5) is 34.1 Å². The van der Waals surface area contributed by atoms with Crippen molar-refractivity contribution in [3.8, 4) is 0 Å². The van der Waals surface area contributed by atoms with E-state index in [0.29, 0.717) is 38.2 Å². The molecule has 4 N–H and O–H groups in total. The highest BCUT2D eigenvalue weighted by atomic mass is 35.5. The Morgan fingerprint density at radius 2 is 0.839 bits per heavy atom. The van der Waals surface area contributed by atoms with Gasteiger partial charge in [0, 0.05) is 22.7 Å². The van der Waals surface area contributed by atoms with Crippen LogP contribution in [-0.4, -0.2) is 47.3 Å². The van der Waals surface area contributed by atoms with Crippen molar-refractivity contribution in [1.82, 2.24) is 0 Å². The minimum Gasteiger partial charge on any atom is -0.324 e. The van der Waals surface area contributed by atoms with Crippen LogP contribution >= 0.6 is 69.6 Å². The number of Topliss-reactive ketones (excluding diaryl/α,β-unsaturated/α-hetero) is 2. The number of carbonyl (C=O) groups excluding carboxylic acids is 6. The molecule has 0 aliphatic heterocycles. The number of carbonyl (C=O) groups is 6. The number of nitrogens with one attached hydrogen (secondary N) is 4. The van der Waals surface area contributed by atoms with E-state index in [2.05, 4.69) is 41.7 Å². The molecule has 5 rings (SSSR count). The second-order valence-electron chi connectivity index (χ2n) is 13.4. The number of ketones is 2. The molecule has 2 atom stereocenters. The SMILES string of the molecule is CC(=O)C(N=Nc1ccc(Cl)c(C(=O)Nc2ccc(Cl)c(Cl)c2)c1)C(=O)Nc1cc(C)c(NC(=O)C(N=Nc2ccc(Cl)c(C(=O)Nc3ccc(Cl)c(Cl)c3)c2)C(C)=O)c(C)c1. The number of anilines is 4. The Kier molecular flexibility index (Phi) is 15.9. The fourth-order valence-corrected chi connectivity index (χ4v) is 6.57. The van der Waals surface area contributed by atoms with E-state index in [1.165, 1.54) is 86.6 Å². The molecule has 0 saturated heterocycles. The fourth-order valence-electron chi connectivity index (χ4n) is 5.56. The fraction of sp³-hybridized carbons (Fsp3) is 0.143. The van der Waals surface area contributed by atoms with Gasteiger partial charge in [0.15, 0.2) is 11.6 Å². The lowest BCUT2D eigenvalue weighted by atomic mass is 10.1. The number of halogens is 6. The quantitative estimate of drug-likeness (QED) is 0.0630. The van der Waals surface area contributed by atoms with Crippen LogP contribution < -0.4 is 21.3 Å². The van der Waals surface area contributed by atoms with E-state index in [-0.39, 0.29) is 48.3 Å². The second-order valence-corrected chi connectivity index (χ2v) is 15.9. The zero-order chi connectivity index (χ0) is 45.4. The van der Waals surface area contributed by atoms with Gasteiger partial charge in [-0.25, -0.2) is 0 Å². The lowest BCUT2D eigenvalue weighted by Gasteiger charge is -2.17. The average molecular weight is 957 g/mol. The third kappa shape index (κ3) is 12.2. The van der Waals surface area contributed by atoms with Crippen molar-refractivity contribution in [2.45, 2.75) is 39.8 Å². The first-order valence-corrected chi connectivity index (χ1v) is 20.3. The molecule has 318 valence electrons. The van der Waals surface area contributed by atoms with Crippen molar-refractivity contribution in [3.05, 3.63) is 137 Å². The summed E-state index contributed by atoms with van der Waals surface area (Å²) in [5.74, 6) is -4.03. The molecule has 0 heterocycles. The van der Waals surface area contributed by atoms with E-state index in [4.69, 9.17) is 69.6 Å². The van der Waals surface area contributed by atoms with Crippen LogP contribution in [0, 0.1) is 13.8 Å². The summed E-state index contributed by atoms with van der Waals surface area (Å²) in [5.41, 5.74) is 2.61. The van der Waals surface area contributed by atoms with Gasteiger partial charge in [0.1, 0.15) is 0 Å². The van der Waals surface area contributed by atoms with Crippen molar-refractivity contribution in [3.63, 3.8) is 0 Å². The Hall–Kier alpha value is -5.74. The van der Waals surface area contributed by atoms with E-state index < -0.39 is 47.3 Å². The van der Waals surface area contributed by atoms with Crippen molar-refractivity contribution < 1.29 is 28.8 Å². The topological polar surface area (TPSA) is 200 Å².